The summed E-state index contributed by atoms with van der Waals surface area (Å²) in [5.74, 6) is -2.86. The summed E-state index contributed by atoms with van der Waals surface area (Å²) in [6.07, 6.45) is 6.25. The number of nitrogens with one attached hydrogen (secondary N) is 2. The predicted octanol–water partition coefficient (Wildman–Crippen LogP) is 7.10. The first-order valence-corrected chi connectivity index (χ1v) is 20.6. The topological polar surface area (TPSA) is 191 Å². The molecule has 7 rings (SSSR count). The van der Waals surface area contributed by atoms with Gasteiger partial charge in [0.2, 0.25) is 5.78 Å². The quantitative estimate of drug-likeness (QED) is 0.125. The highest BCUT2D eigenvalue weighted by Gasteiger charge is 2.76. The Kier molecular flexibility index (Phi) is 11.0. The summed E-state index contributed by atoms with van der Waals surface area (Å²) in [7, 11) is 0. The molecule has 4 unspecified atom stereocenters. The molecule has 4 aliphatic carbocycles. The Balaban J connectivity index is 0.823. The predicted molar refractivity (Wildman–Crippen MR) is 214 cm³/mol. The van der Waals surface area contributed by atoms with Crippen LogP contribution in [0.3, 0.4) is 0 Å². The minimum Gasteiger partial charge on any atom is -0.461 e. The first kappa shape index (κ1) is 42.0. The molecule has 3 saturated carbocycles. The number of hydrogen-bond acceptors (Lipinski definition) is 11. The van der Waals surface area contributed by atoms with Crippen molar-refractivity contribution in [3.8, 4) is 0 Å². The molecule has 3 N–H and O–H groups in total. The van der Waals surface area contributed by atoms with Crippen molar-refractivity contribution in [1.29, 1.82) is 0 Å². The minimum atomic E-state index is -2.28. The smallest absolute Gasteiger partial charge is 0.407 e. The molecule has 59 heavy (non-hydrogen) atoms. The molecule has 2 heterocycles. The summed E-state index contributed by atoms with van der Waals surface area (Å²) in [6.45, 7) is 10.5. The SMILES string of the molecule is Cc1oc2c(C)c3oc(=O)cc(C)c3cc2c1CNC(=O)OCCCCCCNC(=O)OCC(=O)[C@@]1(O)[C@H](C)CC2C3CCC4=CC(=O)C=CC4(C)[C@@]3(F)C(=O)CC21C. The highest BCUT2D eigenvalue weighted by molar-refractivity contribution is 6.03. The molecule has 3 aromatic rings. The highest BCUT2D eigenvalue weighted by atomic mass is 19.1. The number of amides is 2. The monoisotopic (exact) mass is 816 g/mol. The number of benzene rings is 1. The molecule has 3 fully saturated rings. The second-order valence-corrected chi connectivity index (χ2v) is 17.5. The van der Waals surface area contributed by atoms with E-state index in [1.807, 2.05) is 26.8 Å². The van der Waals surface area contributed by atoms with Gasteiger partial charge in [-0.15, -0.1) is 0 Å². The van der Waals surface area contributed by atoms with Crippen LogP contribution in [0.15, 0.2) is 49.6 Å². The zero-order chi connectivity index (χ0) is 42.7. The molecule has 4 aliphatic rings. The number of alkyl halides is 1. The summed E-state index contributed by atoms with van der Waals surface area (Å²) < 4.78 is 39.3. The van der Waals surface area contributed by atoms with Crippen molar-refractivity contribution >= 4 is 51.5 Å². The molecule has 0 aliphatic heterocycles. The Hall–Kier alpha value is -5.11. The molecule has 0 spiro atoms. The summed E-state index contributed by atoms with van der Waals surface area (Å²) in [5.41, 5.74) is -3.30. The van der Waals surface area contributed by atoms with Crippen LogP contribution in [0.25, 0.3) is 21.9 Å². The van der Waals surface area contributed by atoms with Crippen LogP contribution in [0.1, 0.15) is 94.6 Å². The number of carbonyl (C=O) groups is 5. The third-order valence-corrected chi connectivity index (χ3v) is 14.2. The van der Waals surface area contributed by atoms with Gasteiger partial charge in [0.15, 0.2) is 23.8 Å². The van der Waals surface area contributed by atoms with Gasteiger partial charge in [0.05, 0.1) is 13.2 Å². The largest absolute Gasteiger partial charge is 0.461 e. The van der Waals surface area contributed by atoms with Crippen molar-refractivity contribution in [3.63, 3.8) is 0 Å². The highest BCUT2D eigenvalue weighted by Crippen LogP contribution is 2.69. The third-order valence-electron chi connectivity index (χ3n) is 14.2. The van der Waals surface area contributed by atoms with Gasteiger partial charge in [-0.25, -0.2) is 18.8 Å². The van der Waals surface area contributed by atoms with E-state index in [4.69, 9.17) is 18.3 Å². The van der Waals surface area contributed by atoms with Crippen LogP contribution in [0.2, 0.25) is 0 Å². The van der Waals surface area contributed by atoms with Crippen LogP contribution in [0.5, 0.6) is 0 Å². The van der Waals surface area contributed by atoms with E-state index in [1.54, 1.807) is 20.8 Å². The van der Waals surface area contributed by atoms with Crippen LogP contribution in [0.4, 0.5) is 14.0 Å². The lowest BCUT2D eigenvalue weighted by molar-refractivity contribution is -0.187. The third kappa shape index (κ3) is 6.80. The molecule has 1 aromatic carbocycles. The number of rotatable bonds is 12. The Morgan fingerprint density at radius 3 is 2.41 bits per heavy atom. The van der Waals surface area contributed by atoms with E-state index in [0.29, 0.717) is 60.2 Å². The number of unbranched alkanes of at least 4 members (excludes halogenated alkanes) is 3. The van der Waals surface area contributed by atoms with E-state index >= 15 is 4.39 Å². The number of fused-ring (bicyclic) bond motifs is 7. The number of hydrogen-bond donors (Lipinski definition) is 3. The Morgan fingerprint density at radius 2 is 1.64 bits per heavy atom. The van der Waals surface area contributed by atoms with E-state index in [-0.39, 0.29) is 31.9 Å². The number of allylic oxidation sites excluding steroid dienone is 4. The number of aryl methyl sites for hydroxylation is 3. The lowest BCUT2D eigenvalue weighted by Gasteiger charge is -2.59. The molecular formula is C45H53FN2O11. The fraction of sp³-hybridized carbons (Fsp3) is 0.556. The van der Waals surface area contributed by atoms with Gasteiger partial charge in [0, 0.05) is 57.7 Å². The Morgan fingerprint density at radius 1 is 0.932 bits per heavy atom. The van der Waals surface area contributed by atoms with Crippen molar-refractivity contribution in [2.75, 3.05) is 19.8 Å². The van der Waals surface area contributed by atoms with Crippen LogP contribution in [-0.4, -0.2) is 65.7 Å². The Bertz CT molecular complexity index is 2380. The molecule has 7 atom stereocenters. The maximum atomic E-state index is 17.3. The average Bonchev–Trinajstić information content (AvgIpc) is 3.61. The second-order valence-electron chi connectivity index (χ2n) is 17.5. The zero-order valence-electron chi connectivity index (χ0n) is 34.5. The molecular weight excluding hydrogens is 763 g/mol. The standard InChI is InChI=1S/C45H53FN2O11/c1-24-17-37(52)59-38-26(3)39-31(20-30(24)38)32(27(4)58-39)22-48-41(54)56-16-10-8-7-9-15-47-40(53)57-23-36(51)45(55)25(2)18-34-33-12-11-28-19-29(49)13-14-42(28,5)44(33,46)35(50)21-43(34,45)6/h13-14,17,19-20,25,33-34,55H,7-12,15-16,18,21-23H2,1-6H3,(H,47,53)(H,48,54)/t25-,33?,34?,42?,43?,44+,45+/m1/s1. The van der Waals surface area contributed by atoms with Crippen molar-refractivity contribution in [2.45, 2.75) is 111 Å². The van der Waals surface area contributed by atoms with E-state index < -0.39 is 75.8 Å². The minimum absolute atomic E-state index is 0.185. The van der Waals surface area contributed by atoms with Gasteiger partial charge in [0.1, 0.15) is 22.5 Å². The number of halogens is 1. The molecule has 316 valence electrons. The van der Waals surface area contributed by atoms with E-state index in [1.165, 1.54) is 24.3 Å². The normalized spacial score (nSPS) is 29.8. The second kappa shape index (κ2) is 15.5. The lowest BCUT2D eigenvalue weighted by atomic mass is 9.45. The van der Waals surface area contributed by atoms with E-state index in [9.17, 15) is 33.9 Å². The molecule has 0 radical (unpaired) electrons. The van der Waals surface area contributed by atoms with Gasteiger partial charge >= 0.3 is 17.8 Å². The van der Waals surface area contributed by atoms with Gasteiger partial charge in [-0.3, -0.25) is 14.4 Å². The maximum Gasteiger partial charge on any atom is 0.407 e. The zero-order valence-corrected chi connectivity index (χ0v) is 34.5. The molecule has 13 nitrogen and oxygen atoms in total. The van der Waals surface area contributed by atoms with E-state index in [0.717, 1.165) is 34.7 Å². The van der Waals surface area contributed by atoms with Crippen LogP contribution < -0.4 is 16.3 Å². The summed E-state index contributed by atoms with van der Waals surface area (Å²) in [4.78, 5) is 76.6. The van der Waals surface area contributed by atoms with Gasteiger partial charge in [0.25, 0.3) is 0 Å². The number of alkyl carbamates (subject to hydrolysis) is 2. The molecule has 2 amide bonds. The fourth-order valence-corrected chi connectivity index (χ4v) is 10.9. The number of aliphatic hydroxyl groups is 1. The first-order valence-electron chi connectivity index (χ1n) is 20.6. The number of ether oxygens (including phenoxy) is 2. The molecule has 0 bridgehead atoms. The summed E-state index contributed by atoms with van der Waals surface area (Å²) in [6, 6.07) is 3.34. The van der Waals surface area contributed by atoms with Crippen LogP contribution >= 0.6 is 0 Å². The van der Waals surface area contributed by atoms with Gasteiger partial charge in [-0.05, 0) is 102 Å². The van der Waals surface area contributed by atoms with Gasteiger partial charge in [-0.2, -0.15) is 0 Å². The van der Waals surface area contributed by atoms with Gasteiger partial charge < -0.3 is 34.0 Å². The number of ketones is 3. The number of Topliss-reactive ketones (excluding diaryl/α,β-unsaturated/α-hetero) is 2. The van der Waals surface area contributed by atoms with Crippen LogP contribution in [-0.2, 0) is 30.4 Å². The van der Waals surface area contributed by atoms with E-state index in [2.05, 4.69) is 10.6 Å². The molecule has 14 heteroatoms. The van der Waals surface area contributed by atoms with Crippen molar-refractivity contribution in [2.24, 2.45) is 28.6 Å². The first-order chi connectivity index (χ1) is 27.9. The fourth-order valence-electron chi connectivity index (χ4n) is 10.9. The Labute approximate surface area is 341 Å². The molecule has 0 saturated heterocycles. The van der Waals surface area contributed by atoms with Crippen molar-refractivity contribution in [1.82, 2.24) is 10.6 Å². The summed E-state index contributed by atoms with van der Waals surface area (Å²) >= 11 is 0. The average molecular weight is 817 g/mol. The number of furan rings is 1. The summed E-state index contributed by atoms with van der Waals surface area (Å²) in [5, 5.41) is 19.1. The van der Waals surface area contributed by atoms with Crippen molar-refractivity contribution < 1.29 is 51.8 Å². The van der Waals surface area contributed by atoms with Crippen molar-refractivity contribution in [3.05, 3.63) is 68.8 Å². The van der Waals surface area contributed by atoms with Gasteiger partial charge in [-0.1, -0.05) is 31.9 Å². The lowest BCUT2D eigenvalue weighted by Crippen LogP contribution is -2.68. The maximum absolute atomic E-state index is 17.3. The molecule has 2 aromatic heterocycles. The van der Waals surface area contributed by atoms with Crippen LogP contribution in [0, 0.1) is 49.4 Å². The number of carbonyl (C=O) groups excluding carboxylic acids is 5.